The first-order valence-electron chi connectivity index (χ1n) is 6.06. The minimum atomic E-state index is -0.468. The molecule has 1 N–H and O–H groups in total. The Labute approximate surface area is 111 Å². The van der Waals surface area contributed by atoms with Crippen LogP contribution >= 0.6 is 11.6 Å². The molecule has 0 spiro atoms. The monoisotopic (exact) mass is 273 g/mol. The molecule has 100 valence electrons. The molecule has 1 aromatic rings. The lowest BCUT2D eigenvalue weighted by Crippen LogP contribution is -2.26. The van der Waals surface area contributed by atoms with Gasteiger partial charge in [-0.25, -0.2) is 4.39 Å². The van der Waals surface area contributed by atoms with E-state index in [0.717, 1.165) is 5.56 Å². The minimum absolute atomic E-state index is 0.144. The number of β-amino-alcohol motifs (C(OH)–C–C–N with tert-alkyl or cyclic N) is 1. The molecule has 5 heteroatoms. The molecule has 0 aromatic heterocycles. The number of aliphatic hydroxyl groups is 1. The Morgan fingerprint density at radius 1 is 1.50 bits per heavy atom. The molecule has 3 nitrogen and oxygen atoms in total. The predicted octanol–water partition coefficient (Wildman–Crippen LogP) is 2.06. The summed E-state index contributed by atoms with van der Waals surface area (Å²) in [6, 6.07) is 4.38. The molecule has 0 radical (unpaired) electrons. The molecule has 1 aromatic carbocycles. The van der Waals surface area contributed by atoms with E-state index < -0.39 is 6.10 Å². The van der Waals surface area contributed by atoms with Crippen molar-refractivity contribution in [2.75, 3.05) is 19.7 Å². The highest BCUT2D eigenvalue weighted by atomic mass is 35.5. The van der Waals surface area contributed by atoms with Gasteiger partial charge < -0.3 is 9.84 Å². The SMILES string of the molecule is CCO[C@@H]1CN(Cc2ccc(F)cc2Cl)C[C@H]1O. The van der Waals surface area contributed by atoms with Crippen molar-refractivity contribution >= 4 is 11.6 Å². The summed E-state index contributed by atoms with van der Waals surface area (Å²) in [4.78, 5) is 2.06. The number of aliphatic hydroxyl groups excluding tert-OH is 1. The summed E-state index contributed by atoms with van der Waals surface area (Å²) in [7, 11) is 0. The van der Waals surface area contributed by atoms with Crippen molar-refractivity contribution in [2.45, 2.75) is 25.7 Å². The first-order chi connectivity index (χ1) is 8.60. The van der Waals surface area contributed by atoms with Gasteiger partial charge in [-0.3, -0.25) is 4.90 Å². The van der Waals surface area contributed by atoms with Crippen LogP contribution in [0.15, 0.2) is 18.2 Å². The second kappa shape index (κ2) is 5.97. The van der Waals surface area contributed by atoms with Gasteiger partial charge in [0.2, 0.25) is 0 Å². The van der Waals surface area contributed by atoms with Crippen molar-refractivity contribution < 1.29 is 14.2 Å². The second-order valence-corrected chi connectivity index (χ2v) is 4.90. The van der Waals surface area contributed by atoms with E-state index in [-0.39, 0.29) is 11.9 Å². The Morgan fingerprint density at radius 2 is 2.28 bits per heavy atom. The van der Waals surface area contributed by atoms with E-state index in [4.69, 9.17) is 16.3 Å². The van der Waals surface area contributed by atoms with Gasteiger partial charge in [0.05, 0.1) is 12.2 Å². The summed E-state index contributed by atoms with van der Waals surface area (Å²) >= 11 is 5.98. The summed E-state index contributed by atoms with van der Waals surface area (Å²) in [5.41, 5.74) is 0.863. The topological polar surface area (TPSA) is 32.7 Å². The van der Waals surface area contributed by atoms with Crippen molar-refractivity contribution in [3.05, 3.63) is 34.6 Å². The van der Waals surface area contributed by atoms with E-state index in [1.165, 1.54) is 12.1 Å². The van der Waals surface area contributed by atoms with Gasteiger partial charge in [0.25, 0.3) is 0 Å². The van der Waals surface area contributed by atoms with Gasteiger partial charge >= 0.3 is 0 Å². The van der Waals surface area contributed by atoms with Gasteiger partial charge in [-0.2, -0.15) is 0 Å². The summed E-state index contributed by atoms with van der Waals surface area (Å²) < 4.78 is 18.4. The number of halogens is 2. The van der Waals surface area contributed by atoms with E-state index in [2.05, 4.69) is 4.90 Å². The van der Waals surface area contributed by atoms with Crippen LogP contribution in [0.5, 0.6) is 0 Å². The van der Waals surface area contributed by atoms with Crippen LogP contribution in [0.3, 0.4) is 0 Å². The summed E-state index contributed by atoms with van der Waals surface area (Å²) in [5, 5.41) is 10.2. The standard InChI is InChI=1S/C13H17ClFNO2/c1-2-18-13-8-16(7-12(13)17)6-9-3-4-10(15)5-11(9)14/h3-5,12-13,17H,2,6-8H2,1H3/t12-,13-/m1/s1. The zero-order valence-corrected chi connectivity index (χ0v) is 11.0. The number of rotatable bonds is 4. The third kappa shape index (κ3) is 3.20. The number of hydrogen-bond acceptors (Lipinski definition) is 3. The summed E-state index contributed by atoms with van der Waals surface area (Å²) in [6.07, 6.45) is -0.613. The number of ether oxygens (including phenoxy) is 1. The summed E-state index contributed by atoms with van der Waals surface area (Å²) in [5.74, 6) is -0.336. The third-order valence-corrected chi connectivity index (χ3v) is 3.45. The van der Waals surface area contributed by atoms with Crippen LogP contribution in [0.1, 0.15) is 12.5 Å². The highest BCUT2D eigenvalue weighted by molar-refractivity contribution is 6.31. The van der Waals surface area contributed by atoms with Gasteiger partial charge in [0.15, 0.2) is 0 Å². The van der Waals surface area contributed by atoms with Crippen LogP contribution in [0, 0.1) is 5.82 Å². The first-order valence-corrected chi connectivity index (χ1v) is 6.44. The quantitative estimate of drug-likeness (QED) is 0.912. The molecule has 0 bridgehead atoms. The van der Waals surface area contributed by atoms with E-state index >= 15 is 0 Å². The predicted molar refractivity (Wildman–Crippen MR) is 68.1 cm³/mol. The molecule has 18 heavy (non-hydrogen) atoms. The summed E-state index contributed by atoms with van der Waals surface area (Å²) in [6.45, 7) is 4.32. The maximum atomic E-state index is 12.9. The molecule has 1 aliphatic rings. The average Bonchev–Trinajstić information content (AvgIpc) is 2.64. The minimum Gasteiger partial charge on any atom is -0.389 e. The van der Waals surface area contributed by atoms with Crippen LogP contribution in [0.2, 0.25) is 5.02 Å². The van der Waals surface area contributed by atoms with Crippen LogP contribution in [0.25, 0.3) is 0 Å². The van der Waals surface area contributed by atoms with Crippen molar-refractivity contribution in [1.82, 2.24) is 4.90 Å². The smallest absolute Gasteiger partial charge is 0.124 e. The van der Waals surface area contributed by atoms with Crippen molar-refractivity contribution in [2.24, 2.45) is 0 Å². The molecule has 0 saturated carbocycles. The molecule has 0 amide bonds. The molecule has 2 rings (SSSR count). The van der Waals surface area contributed by atoms with Gasteiger partial charge in [0, 0.05) is 31.3 Å². The van der Waals surface area contributed by atoms with E-state index in [0.29, 0.717) is 31.3 Å². The Bertz CT molecular complexity index is 416. The molecule has 1 saturated heterocycles. The zero-order valence-electron chi connectivity index (χ0n) is 10.3. The highest BCUT2D eigenvalue weighted by Gasteiger charge is 2.31. The zero-order chi connectivity index (χ0) is 13.1. The van der Waals surface area contributed by atoms with Crippen molar-refractivity contribution in [1.29, 1.82) is 0 Å². The lowest BCUT2D eigenvalue weighted by molar-refractivity contribution is -0.00245. The largest absolute Gasteiger partial charge is 0.389 e. The Morgan fingerprint density at radius 3 is 2.94 bits per heavy atom. The average molecular weight is 274 g/mol. The molecular formula is C13H17ClFNO2. The Hall–Kier alpha value is -0.680. The van der Waals surface area contributed by atoms with Crippen molar-refractivity contribution in [3.8, 4) is 0 Å². The highest BCUT2D eigenvalue weighted by Crippen LogP contribution is 2.22. The van der Waals surface area contributed by atoms with Gasteiger partial charge in [-0.1, -0.05) is 17.7 Å². The van der Waals surface area contributed by atoms with E-state index in [9.17, 15) is 9.50 Å². The molecule has 1 heterocycles. The third-order valence-electron chi connectivity index (χ3n) is 3.10. The fourth-order valence-corrected chi connectivity index (χ4v) is 2.46. The number of nitrogens with zero attached hydrogens (tertiary/aromatic N) is 1. The lowest BCUT2D eigenvalue weighted by Gasteiger charge is -2.16. The normalized spacial score (nSPS) is 24.7. The van der Waals surface area contributed by atoms with Crippen molar-refractivity contribution in [3.63, 3.8) is 0 Å². The Balaban J connectivity index is 1.98. The second-order valence-electron chi connectivity index (χ2n) is 4.49. The maximum absolute atomic E-state index is 12.9. The molecule has 1 aliphatic heterocycles. The number of likely N-dealkylation sites (tertiary alicyclic amines) is 1. The first kappa shape index (κ1) is 13.7. The molecule has 1 fully saturated rings. The van der Waals surface area contributed by atoms with Crippen LogP contribution < -0.4 is 0 Å². The molecule has 2 atom stereocenters. The molecular weight excluding hydrogens is 257 g/mol. The van der Waals surface area contributed by atoms with Gasteiger partial charge in [0.1, 0.15) is 5.82 Å². The molecule has 0 unspecified atom stereocenters. The number of benzene rings is 1. The lowest BCUT2D eigenvalue weighted by atomic mass is 10.2. The van der Waals surface area contributed by atoms with Crippen LogP contribution in [-0.2, 0) is 11.3 Å². The van der Waals surface area contributed by atoms with Gasteiger partial charge in [-0.05, 0) is 24.6 Å². The van der Waals surface area contributed by atoms with Gasteiger partial charge in [-0.15, -0.1) is 0 Å². The maximum Gasteiger partial charge on any atom is 0.124 e. The molecule has 0 aliphatic carbocycles. The Kier molecular flexibility index (Phi) is 4.56. The van der Waals surface area contributed by atoms with E-state index in [1.807, 2.05) is 6.92 Å². The van der Waals surface area contributed by atoms with E-state index in [1.54, 1.807) is 6.07 Å². The van der Waals surface area contributed by atoms with Crippen LogP contribution in [-0.4, -0.2) is 41.9 Å². The van der Waals surface area contributed by atoms with Crippen LogP contribution in [0.4, 0.5) is 4.39 Å². The fourth-order valence-electron chi connectivity index (χ4n) is 2.23. The fraction of sp³-hybridized carbons (Fsp3) is 0.538. The number of hydrogen-bond donors (Lipinski definition) is 1.